The fourth-order valence-electron chi connectivity index (χ4n) is 1.54. The highest BCUT2D eigenvalue weighted by Gasteiger charge is 2.21. The van der Waals surface area contributed by atoms with Crippen molar-refractivity contribution in [1.82, 2.24) is 0 Å². The van der Waals surface area contributed by atoms with Gasteiger partial charge in [0.2, 0.25) is 0 Å². The van der Waals surface area contributed by atoms with Crippen LogP contribution in [0.4, 0.5) is 0 Å². The van der Waals surface area contributed by atoms with Crippen molar-refractivity contribution in [2.24, 2.45) is 0 Å². The first-order chi connectivity index (χ1) is 7.02. The average molecular weight is 246 g/mol. The number of methoxy groups -OCH3 is 1. The topological polar surface area (TPSA) is 63.6 Å². The standard InChI is InChI=1S/C9H10O4S2/c1-13-8-2-6-4-14-5-7(6)3-9(8)15(10,11)12/h2-3H,4-5H2,1H3,(H,10,11,12). The lowest BCUT2D eigenvalue weighted by Gasteiger charge is -2.08. The molecular weight excluding hydrogens is 236 g/mol. The SMILES string of the molecule is COc1cc2c(cc1S(=O)(=O)O)CSC2. The number of thioether (sulfide) groups is 1. The monoisotopic (exact) mass is 246 g/mol. The Balaban J connectivity index is 2.64. The van der Waals surface area contributed by atoms with Crippen LogP contribution in [0.15, 0.2) is 17.0 Å². The molecule has 15 heavy (non-hydrogen) atoms. The van der Waals surface area contributed by atoms with Gasteiger partial charge in [-0.3, -0.25) is 4.55 Å². The van der Waals surface area contributed by atoms with Crippen molar-refractivity contribution in [2.75, 3.05) is 7.11 Å². The van der Waals surface area contributed by atoms with Crippen LogP contribution < -0.4 is 4.74 Å². The number of benzene rings is 1. The van der Waals surface area contributed by atoms with E-state index in [0.29, 0.717) is 0 Å². The van der Waals surface area contributed by atoms with Gasteiger partial charge in [0.05, 0.1) is 7.11 Å². The Bertz CT molecular complexity index is 493. The molecule has 82 valence electrons. The fraction of sp³-hybridized carbons (Fsp3) is 0.333. The molecule has 0 aromatic heterocycles. The molecule has 1 aliphatic heterocycles. The first-order valence-corrected chi connectivity index (χ1v) is 6.87. The van der Waals surface area contributed by atoms with Gasteiger partial charge in [0, 0.05) is 11.5 Å². The largest absolute Gasteiger partial charge is 0.495 e. The minimum atomic E-state index is -4.20. The Kier molecular flexibility index (Phi) is 2.66. The Hall–Kier alpha value is -0.720. The second-order valence-electron chi connectivity index (χ2n) is 3.24. The van der Waals surface area contributed by atoms with Gasteiger partial charge < -0.3 is 4.74 Å². The molecule has 0 radical (unpaired) electrons. The molecule has 0 unspecified atom stereocenters. The molecule has 1 N–H and O–H groups in total. The van der Waals surface area contributed by atoms with Crippen molar-refractivity contribution in [3.63, 3.8) is 0 Å². The quantitative estimate of drug-likeness (QED) is 0.804. The van der Waals surface area contributed by atoms with Crippen LogP contribution in [0.1, 0.15) is 11.1 Å². The summed E-state index contributed by atoms with van der Waals surface area (Å²) in [7, 11) is -2.81. The Morgan fingerprint density at radius 1 is 1.33 bits per heavy atom. The molecule has 2 rings (SSSR count). The zero-order valence-electron chi connectivity index (χ0n) is 8.06. The lowest BCUT2D eigenvalue weighted by Crippen LogP contribution is -2.03. The van der Waals surface area contributed by atoms with Crippen LogP contribution in [-0.4, -0.2) is 20.1 Å². The van der Waals surface area contributed by atoms with Gasteiger partial charge in [0.25, 0.3) is 10.1 Å². The summed E-state index contributed by atoms with van der Waals surface area (Å²) in [5.41, 5.74) is 2.03. The smallest absolute Gasteiger partial charge is 0.298 e. The van der Waals surface area contributed by atoms with Crippen LogP contribution in [-0.2, 0) is 21.6 Å². The van der Waals surface area contributed by atoms with E-state index in [2.05, 4.69) is 0 Å². The van der Waals surface area contributed by atoms with Crippen molar-refractivity contribution in [3.8, 4) is 5.75 Å². The molecule has 1 aromatic carbocycles. The van der Waals surface area contributed by atoms with Crippen molar-refractivity contribution in [3.05, 3.63) is 23.3 Å². The number of ether oxygens (including phenoxy) is 1. The summed E-state index contributed by atoms with van der Waals surface area (Å²) in [6, 6.07) is 3.17. The Morgan fingerprint density at radius 2 is 1.93 bits per heavy atom. The number of rotatable bonds is 2. The van der Waals surface area contributed by atoms with Crippen LogP contribution in [0, 0.1) is 0 Å². The van der Waals surface area contributed by atoms with Gasteiger partial charge in [-0.05, 0) is 23.3 Å². The van der Waals surface area contributed by atoms with E-state index in [1.165, 1.54) is 13.2 Å². The summed E-state index contributed by atoms with van der Waals surface area (Å²) in [6.07, 6.45) is 0. The predicted molar refractivity (Wildman–Crippen MR) is 57.8 cm³/mol. The molecule has 6 heteroatoms. The van der Waals surface area contributed by atoms with Crippen LogP contribution in [0.3, 0.4) is 0 Å². The lowest BCUT2D eigenvalue weighted by molar-refractivity contribution is 0.397. The third-order valence-corrected chi connectivity index (χ3v) is 4.18. The highest BCUT2D eigenvalue weighted by molar-refractivity contribution is 7.98. The van der Waals surface area contributed by atoms with Crippen molar-refractivity contribution < 1.29 is 17.7 Å². The van der Waals surface area contributed by atoms with Gasteiger partial charge in [-0.25, -0.2) is 0 Å². The fourth-order valence-corrected chi connectivity index (χ4v) is 3.31. The summed E-state index contributed by atoms with van der Waals surface area (Å²) in [5, 5.41) is 0. The van der Waals surface area contributed by atoms with E-state index in [9.17, 15) is 8.42 Å². The normalized spacial score (nSPS) is 15.1. The van der Waals surface area contributed by atoms with Gasteiger partial charge in [0.1, 0.15) is 10.6 Å². The van der Waals surface area contributed by atoms with Gasteiger partial charge >= 0.3 is 0 Å². The second-order valence-corrected chi connectivity index (χ2v) is 5.62. The summed E-state index contributed by atoms with van der Waals surface area (Å²) < 4.78 is 36.1. The summed E-state index contributed by atoms with van der Waals surface area (Å²) in [4.78, 5) is -0.147. The first kappa shape index (κ1) is 10.8. The van der Waals surface area contributed by atoms with E-state index >= 15 is 0 Å². The zero-order valence-corrected chi connectivity index (χ0v) is 9.69. The highest BCUT2D eigenvalue weighted by atomic mass is 32.2. The predicted octanol–water partition coefficient (Wildman–Crippen LogP) is 1.69. The minimum Gasteiger partial charge on any atom is -0.495 e. The van der Waals surface area contributed by atoms with E-state index in [4.69, 9.17) is 9.29 Å². The van der Waals surface area contributed by atoms with Crippen molar-refractivity contribution in [2.45, 2.75) is 16.4 Å². The van der Waals surface area contributed by atoms with E-state index in [-0.39, 0.29) is 10.6 Å². The van der Waals surface area contributed by atoms with E-state index in [0.717, 1.165) is 22.6 Å². The van der Waals surface area contributed by atoms with Gasteiger partial charge in [-0.1, -0.05) is 0 Å². The van der Waals surface area contributed by atoms with Crippen LogP contribution in [0.5, 0.6) is 5.75 Å². The summed E-state index contributed by atoms with van der Waals surface area (Å²) >= 11 is 1.71. The first-order valence-electron chi connectivity index (χ1n) is 4.27. The molecule has 1 aliphatic rings. The molecule has 0 amide bonds. The molecule has 0 saturated carbocycles. The summed E-state index contributed by atoms with van der Waals surface area (Å²) in [6.45, 7) is 0. The number of hydrogen-bond donors (Lipinski definition) is 1. The zero-order chi connectivity index (χ0) is 11.1. The van der Waals surface area contributed by atoms with Gasteiger partial charge in [-0.2, -0.15) is 20.2 Å². The molecule has 1 aromatic rings. The molecule has 0 spiro atoms. The van der Waals surface area contributed by atoms with Crippen molar-refractivity contribution in [1.29, 1.82) is 0 Å². The van der Waals surface area contributed by atoms with Gasteiger partial charge in [-0.15, -0.1) is 0 Å². The van der Waals surface area contributed by atoms with E-state index in [1.807, 2.05) is 0 Å². The molecule has 0 aliphatic carbocycles. The molecule has 1 heterocycles. The van der Waals surface area contributed by atoms with E-state index < -0.39 is 10.1 Å². The molecular formula is C9H10O4S2. The third kappa shape index (κ3) is 1.97. The van der Waals surface area contributed by atoms with Crippen LogP contribution in [0.2, 0.25) is 0 Å². The third-order valence-electron chi connectivity index (χ3n) is 2.28. The number of fused-ring (bicyclic) bond motifs is 1. The van der Waals surface area contributed by atoms with Crippen molar-refractivity contribution >= 4 is 21.9 Å². The molecule has 0 bridgehead atoms. The van der Waals surface area contributed by atoms with Gasteiger partial charge in [0.15, 0.2) is 0 Å². The Labute approximate surface area is 92.4 Å². The molecule has 0 atom stereocenters. The lowest BCUT2D eigenvalue weighted by atomic mass is 10.1. The van der Waals surface area contributed by atoms with Crippen LogP contribution in [0.25, 0.3) is 0 Å². The maximum Gasteiger partial charge on any atom is 0.298 e. The molecule has 0 saturated heterocycles. The number of hydrogen-bond acceptors (Lipinski definition) is 4. The second kappa shape index (κ2) is 3.70. The van der Waals surface area contributed by atoms with E-state index in [1.54, 1.807) is 17.8 Å². The van der Waals surface area contributed by atoms with Crippen LogP contribution >= 0.6 is 11.8 Å². The Morgan fingerprint density at radius 3 is 2.47 bits per heavy atom. The molecule has 0 fully saturated rings. The maximum atomic E-state index is 11.1. The highest BCUT2D eigenvalue weighted by Crippen LogP contribution is 2.36. The maximum absolute atomic E-state index is 11.1. The minimum absolute atomic E-state index is 0.147. The summed E-state index contributed by atoms with van der Waals surface area (Å²) in [5.74, 6) is 1.85. The average Bonchev–Trinajstić information content (AvgIpc) is 2.60. The molecule has 4 nitrogen and oxygen atoms in total.